The van der Waals surface area contributed by atoms with Gasteiger partial charge in [-0.05, 0) is 6.42 Å². The van der Waals surface area contributed by atoms with Crippen LogP contribution in [0.25, 0.3) is 0 Å². The molecule has 0 aliphatic heterocycles. The molecule has 0 amide bonds. The summed E-state index contributed by atoms with van der Waals surface area (Å²) in [6.07, 6.45) is 5.10. The molecule has 0 fully saturated rings. The Morgan fingerprint density at radius 1 is 1.71 bits per heavy atom. The van der Waals surface area contributed by atoms with Gasteiger partial charge in [0.2, 0.25) is 0 Å². The first kappa shape index (κ1) is 11.5. The Kier molecular flexibility index (Phi) is 4.90. The van der Waals surface area contributed by atoms with Gasteiger partial charge < -0.3 is 5.32 Å². The van der Waals surface area contributed by atoms with E-state index >= 15 is 0 Å². The number of nitrogens with one attached hydrogen (secondary N) is 1. The van der Waals surface area contributed by atoms with Crippen molar-refractivity contribution in [1.82, 2.24) is 15.1 Å². The van der Waals surface area contributed by atoms with E-state index in [0.29, 0.717) is 0 Å². The monoisotopic (exact) mass is 257 g/mol. The quantitative estimate of drug-likeness (QED) is 0.848. The zero-order valence-corrected chi connectivity index (χ0v) is 10.0. The van der Waals surface area contributed by atoms with Gasteiger partial charge in [-0.2, -0.15) is 5.10 Å². The molecule has 0 bridgehead atoms. The number of aryl methyl sites for hydroxylation is 1. The number of halogens is 1. The standard InChI is InChI=1S/C10H16BrN3/c1-3-4-14-8-10(7-13-14)6-12-5-9(2)11/h7-8,12H,2-6H2,1H3. The van der Waals surface area contributed by atoms with E-state index in [-0.39, 0.29) is 0 Å². The molecule has 0 aliphatic carbocycles. The molecule has 0 radical (unpaired) electrons. The lowest BCUT2D eigenvalue weighted by Gasteiger charge is -2.00. The minimum Gasteiger partial charge on any atom is -0.308 e. The highest BCUT2D eigenvalue weighted by Gasteiger charge is 1.97. The third-order valence-corrected chi connectivity index (χ3v) is 2.07. The average molecular weight is 258 g/mol. The van der Waals surface area contributed by atoms with E-state index in [1.54, 1.807) is 0 Å². The zero-order valence-electron chi connectivity index (χ0n) is 8.46. The summed E-state index contributed by atoms with van der Waals surface area (Å²) in [4.78, 5) is 0. The second-order valence-corrected chi connectivity index (χ2v) is 4.35. The Labute approximate surface area is 93.3 Å². The van der Waals surface area contributed by atoms with Gasteiger partial charge in [-0.25, -0.2) is 0 Å². The van der Waals surface area contributed by atoms with E-state index in [9.17, 15) is 0 Å². The Bertz CT molecular complexity index is 293. The number of aromatic nitrogens is 2. The molecule has 0 saturated carbocycles. The van der Waals surface area contributed by atoms with Crippen molar-refractivity contribution in [3.63, 3.8) is 0 Å². The summed E-state index contributed by atoms with van der Waals surface area (Å²) in [6.45, 7) is 8.52. The maximum Gasteiger partial charge on any atom is 0.0534 e. The van der Waals surface area contributed by atoms with Crippen molar-refractivity contribution in [3.05, 3.63) is 29.0 Å². The topological polar surface area (TPSA) is 29.9 Å². The van der Waals surface area contributed by atoms with Crippen molar-refractivity contribution in [3.8, 4) is 0 Å². The summed E-state index contributed by atoms with van der Waals surface area (Å²) in [6, 6.07) is 0. The molecule has 0 saturated heterocycles. The van der Waals surface area contributed by atoms with E-state index in [0.717, 1.165) is 30.5 Å². The highest BCUT2D eigenvalue weighted by molar-refractivity contribution is 9.11. The van der Waals surface area contributed by atoms with E-state index in [1.165, 1.54) is 5.56 Å². The lowest BCUT2D eigenvalue weighted by atomic mass is 10.3. The minimum atomic E-state index is 0.791. The molecule has 1 N–H and O–H groups in total. The van der Waals surface area contributed by atoms with Crippen LogP contribution in [-0.4, -0.2) is 16.3 Å². The number of rotatable bonds is 6. The normalized spacial score (nSPS) is 10.4. The molecule has 0 atom stereocenters. The Morgan fingerprint density at radius 3 is 3.14 bits per heavy atom. The second kappa shape index (κ2) is 5.98. The predicted molar refractivity (Wildman–Crippen MR) is 62.3 cm³/mol. The number of nitrogens with zero attached hydrogens (tertiary/aromatic N) is 2. The van der Waals surface area contributed by atoms with Crippen LogP contribution in [0.2, 0.25) is 0 Å². The Morgan fingerprint density at radius 2 is 2.50 bits per heavy atom. The van der Waals surface area contributed by atoms with Crippen LogP contribution in [0.15, 0.2) is 23.5 Å². The van der Waals surface area contributed by atoms with Crippen LogP contribution in [0.1, 0.15) is 18.9 Å². The third kappa shape index (κ3) is 4.07. The van der Waals surface area contributed by atoms with Gasteiger partial charge in [0.15, 0.2) is 0 Å². The second-order valence-electron chi connectivity index (χ2n) is 3.23. The van der Waals surface area contributed by atoms with E-state index in [1.807, 2.05) is 10.9 Å². The van der Waals surface area contributed by atoms with Gasteiger partial charge in [0, 0.05) is 35.9 Å². The Hall–Kier alpha value is -0.610. The smallest absolute Gasteiger partial charge is 0.0534 e. The van der Waals surface area contributed by atoms with Crippen LogP contribution >= 0.6 is 15.9 Å². The van der Waals surface area contributed by atoms with Crippen molar-refractivity contribution in [2.75, 3.05) is 6.54 Å². The molecule has 1 aromatic rings. The SMILES string of the molecule is C=C(Br)CNCc1cnn(CCC)c1. The van der Waals surface area contributed by atoms with Crippen LogP contribution in [0.4, 0.5) is 0 Å². The van der Waals surface area contributed by atoms with E-state index in [2.05, 4.69) is 46.0 Å². The molecule has 78 valence electrons. The molecule has 4 heteroatoms. The highest BCUT2D eigenvalue weighted by Crippen LogP contribution is 2.00. The highest BCUT2D eigenvalue weighted by atomic mass is 79.9. The van der Waals surface area contributed by atoms with Gasteiger partial charge in [-0.15, -0.1) is 0 Å². The lowest BCUT2D eigenvalue weighted by Crippen LogP contribution is -2.13. The summed E-state index contributed by atoms with van der Waals surface area (Å²) in [5.41, 5.74) is 1.22. The van der Waals surface area contributed by atoms with Gasteiger partial charge in [0.25, 0.3) is 0 Å². The fourth-order valence-electron chi connectivity index (χ4n) is 1.19. The van der Waals surface area contributed by atoms with Crippen LogP contribution in [0, 0.1) is 0 Å². The molecular weight excluding hydrogens is 242 g/mol. The minimum absolute atomic E-state index is 0.791. The van der Waals surface area contributed by atoms with Crippen LogP contribution in [0.5, 0.6) is 0 Å². The van der Waals surface area contributed by atoms with Crippen LogP contribution < -0.4 is 5.32 Å². The molecule has 0 spiro atoms. The van der Waals surface area contributed by atoms with Gasteiger partial charge in [0.05, 0.1) is 6.20 Å². The molecule has 3 nitrogen and oxygen atoms in total. The van der Waals surface area contributed by atoms with Gasteiger partial charge in [-0.1, -0.05) is 29.4 Å². The van der Waals surface area contributed by atoms with Crippen molar-refractivity contribution in [1.29, 1.82) is 0 Å². The van der Waals surface area contributed by atoms with E-state index in [4.69, 9.17) is 0 Å². The van der Waals surface area contributed by atoms with Crippen molar-refractivity contribution in [2.45, 2.75) is 26.4 Å². The van der Waals surface area contributed by atoms with Gasteiger partial charge >= 0.3 is 0 Å². The maximum atomic E-state index is 4.25. The molecule has 1 rings (SSSR count). The summed E-state index contributed by atoms with van der Waals surface area (Å²) in [5, 5.41) is 7.50. The van der Waals surface area contributed by atoms with Crippen LogP contribution in [0.3, 0.4) is 0 Å². The summed E-state index contributed by atoms with van der Waals surface area (Å²) < 4.78 is 2.94. The average Bonchev–Trinajstić information content (AvgIpc) is 2.53. The molecule has 1 aromatic heterocycles. The van der Waals surface area contributed by atoms with E-state index < -0.39 is 0 Å². The largest absolute Gasteiger partial charge is 0.308 e. The Balaban J connectivity index is 2.32. The maximum absolute atomic E-state index is 4.25. The first-order valence-electron chi connectivity index (χ1n) is 4.77. The third-order valence-electron chi connectivity index (χ3n) is 1.79. The van der Waals surface area contributed by atoms with Crippen molar-refractivity contribution in [2.24, 2.45) is 0 Å². The first-order chi connectivity index (χ1) is 6.72. The molecule has 1 heterocycles. The lowest BCUT2D eigenvalue weighted by molar-refractivity contribution is 0.601. The molecular formula is C10H16BrN3. The van der Waals surface area contributed by atoms with Crippen molar-refractivity contribution < 1.29 is 0 Å². The fourth-order valence-corrected chi connectivity index (χ4v) is 1.39. The van der Waals surface area contributed by atoms with Gasteiger partial charge in [0.1, 0.15) is 0 Å². The fraction of sp³-hybridized carbons (Fsp3) is 0.500. The first-order valence-corrected chi connectivity index (χ1v) is 5.57. The van der Waals surface area contributed by atoms with Gasteiger partial charge in [-0.3, -0.25) is 4.68 Å². The molecule has 0 aliphatic rings. The molecule has 0 aromatic carbocycles. The predicted octanol–water partition coefficient (Wildman–Crippen LogP) is 2.29. The molecule has 14 heavy (non-hydrogen) atoms. The number of hydrogen-bond acceptors (Lipinski definition) is 2. The van der Waals surface area contributed by atoms with Crippen LogP contribution in [-0.2, 0) is 13.1 Å². The number of hydrogen-bond donors (Lipinski definition) is 1. The van der Waals surface area contributed by atoms with Crippen molar-refractivity contribution >= 4 is 15.9 Å². The molecule has 0 unspecified atom stereocenters. The summed E-state index contributed by atoms with van der Waals surface area (Å²) in [7, 11) is 0. The zero-order chi connectivity index (χ0) is 10.4. The summed E-state index contributed by atoms with van der Waals surface area (Å²) >= 11 is 3.30. The summed E-state index contributed by atoms with van der Waals surface area (Å²) in [5.74, 6) is 0.